The van der Waals surface area contributed by atoms with E-state index in [0.717, 1.165) is 0 Å². The lowest BCUT2D eigenvalue weighted by Crippen LogP contribution is -2.29. The van der Waals surface area contributed by atoms with Gasteiger partial charge in [-0.3, -0.25) is 4.79 Å². The topological polar surface area (TPSA) is 17.1 Å². The lowest BCUT2D eigenvalue weighted by Gasteiger charge is -2.26. The van der Waals surface area contributed by atoms with Gasteiger partial charge in [0.05, 0.1) is 0 Å². The Morgan fingerprint density at radius 3 is 1.73 bits per heavy atom. The van der Waals surface area contributed by atoms with Crippen molar-refractivity contribution in [3.8, 4) is 0 Å². The number of carbonyl (C=O) groups is 1. The fourth-order valence-corrected chi connectivity index (χ4v) is 0.994. The molecule has 66 valence electrons. The fraction of sp³-hybridized carbons (Fsp3) is 0.875. The molecule has 0 aromatic carbocycles. The maximum atomic E-state index is 11.2. The Hall–Kier alpha value is 0.250. The van der Waals surface area contributed by atoms with Gasteiger partial charge in [0.1, 0.15) is 0 Å². The number of halogens is 2. The highest BCUT2D eigenvalue weighted by Gasteiger charge is 2.29. The van der Waals surface area contributed by atoms with Gasteiger partial charge in [0, 0.05) is 5.92 Å². The molecule has 1 nitrogen and oxygen atoms in total. The first kappa shape index (κ1) is 11.2. The molecule has 0 fully saturated rings. The number of ketones is 1. The van der Waals surface area contributed by atoms with Crippen molar-refractivity contribution in [3.05, 3.63) is 0 Å². The lowest BCUT2D eigenvalue weighted by molar-refractivity contribution is -0.123. The molecule has 0 N–H and O–H groups in total. The second-order valence-electron chi connectivity index (χ2n) is 3.79. The maximum Gasteiger partial charge on any atom is 0.168 e. The summed E-state index contributed by atoms with van der Waals surface area (Å²) in [6.07, 6.45) is 0. The van der Waals surface area contributed by atoms with Crippen molar-refractivity contribution in [1.82, 2.24) is 0 Å². The Kier molecular flexibility index (Phi) is 3.86. The molecule has 0 aliphatic rings. The van der Waals surface area contributed by atoms with Crippen LogP contribution < -0.4 is 0 Å². The standard InChI is InChI=1S/C8H14Cl2O/c1-5(8(2,3)4)6(11)7(9)10/h5,7H,1-4H3. The Morgan fingerprint density at radius 2 is 1.64 bits per heavy atom. The number of Topliss-reactive ketones (excluding diaryl/α,β-unsaturated/α-hetero) is 1. The summed E-state index contributed by atoms with van der Waals surface area (Å²) < 4.78 is 0. The van der Waals surface area contributed by atoms with Gasteiger partial charge in [-0.25, -0.2) is 0 Å². The van der Waals surface area contributed by atoms with E-state index in [1.807, 2.05) is 27.7 Å². The van der Waals surface area contributed by atoms with Crippen molar-refractivity contribution >= 4 is 29.0 Å². The van der Waals surface area contributed by atoms with Crippen molar-refractivity contribution in [3.63, 3.8) is 0 Å². The zero-order valence-electron chi connectivity index (χ0n) is 7.32. The number of hydrogen-bond donors (Lipinski definition) is 0. The normalized spacial score (nSPS) is 15.2. The molecule has 0 heterocycles. The average molecular weight is 197 g/mol. The van der Waals surface area contributed by atoms with Gasteiger partial charge in [-0.2, -0.15) is 0 Å². The van der Waals surface area contributed by atoms with Crippen LogP contribution in [-0.2, 0) is 4.79 Å². The van der Waals surface area contributed by atoms with E-state index >= 15 is 0 Å². The van der Waals surface area contributed by atoms with Gasteiger partial charge in [0.15, 0.2) is 10.6 Å². The molecular weight excluding hydrogens is 183 g/mol. The monoisotopic (exact) mass is 196 g/mol. The smallest absolute Gasteiger partial charge is 0.168 e. The van der Waals surface area contributed by atoms with Crippen LogP contribution in [0.2, 0.25) is 0 Å². The van der Waals surface area contributed by atoms with E-state index < -0.39 is 4.84 Å². The Bertz CT molecular complexity index is 147. The Morgan fingerprint density at radius 1 is 1.27 bits per heavy atom. The second-order valence-corrected chi connectivity index (χ2v) is 4.89. The molecular formula is C8H14Cl2O. The molecule has 1 atom stereocenters. The van der Waals surface area contributed by atoms with Crippen LogP contribution in [0.15, 0.2) is 0 Å². The van der Waals surface area contributed by atoms with E-state index in [2.05, 4.69) is 0 Å². The molecule has 0 spiro atoms. The molecule has 0 rings (SSSR count). The van der Waals surface area contributed by atoms with Gasteiger partial charge >= 0.3 is 0 Å². The largest absolute Gasteiger partial charge is 0.296 e. The molecule has 0 radical (unpaired) electrons. The molecule has 1 unspecified atom stereocenters. The predicted molar refractivity (Wildman–Crippen MR) is 49.1 cm³/mol. The van der Waals surface area contributed by atoms with Gasteiger partial charge in [0.2, 0.25) is 0 Å². The molecule has 0 saturated carbocycles. The summed E-state index contributed by atoms with van der Waals surface area (Å²) in [5.41, 5.74) is -0.0564. The summed E-state index contributed by atoms with van der Waals surface area (Å²) in [7, 11) is 0. The number of rotatable bonds is 2. The highest BCUT2D eigenvalue weighted by atomic mass is 35.5. The van der Waals surface area contributed by atoms with Crippen LogP contribution in [0.1, 0.15) is 27.7 Å². The van der Waals surface area contributed by atoms with Crippen LogP contribution >= 0.6 is 23.2 Å². The van der Waals surface area contributed by atoms with Crippen molar-refractivity contribution in [2.75, 3.05) is 0 Å². The quantitative estimate of drug-likeness (QED) is 0.621. The van der Waals surface area contributed by atoms with E-state index in [0.29, 0.717) is 0 Å². The van der Waals surface area contributed by atoms with Crippen molar-refractivity contribution in [1.29, 1.82) is 0 Å². The van der Waals surface area contributed by atoms with Crippen LogP contribution in [0, 0.1) is 11.3 Å². The van der Waals surface area contributed by atoms with E-state index in [1.165, 1.54) is 0 Å². The van der Waals surface area contributed by atoms with Gasteiger partial charge in [0.25, 0.3) is 0 Å². The molecule has 0 aromatic rings. The Labute approximate surface area is 78.1 Å². The number of carbonyl (C=O) groups excluding carboxylic acids is 1. The predicted octanol–water partition coefficient (Wildman–Crippen LogP) is 3.04. The maximum absolute atomic E-state index is 11.2. The molecule has 0 aliphatic heterocycles. The molecule has 0 amide bonds. The third-order valence-corrected chi connectivity index (χ3v) is 2.37. The lowest BCUT2D eigenvalue weighted by atomic mass is 9.80. The second kappa shape index (κ2) is 3.77. The molecule has 3 heteroatoms. The highest BCUT2D eigenvalue weighted by molar-refractivity contribution is 6.53. The first-order chi connectivity index (χ1) is 4.76. The van der Waals surface area contributed by atoms with Gasteiger partial charge in [-0.1, -0.05) is 50.9 Å². The molecule has 0 bridgehead atoms. The van der Waals surface area contributed by atoms with Crippen LogP contribution in [-0.4, -0.2) is 10.6 Å². The van der Waals surface area contributed by atoms with Crippen LogP contribution in [0.4, 0.5) is 0 Å². The van der Waals surface area contributed by atoms with Crippen LogP contribution in [0.3, 0.4) is 0 Å². The first-order valence-electron chi connectivity index (χ1n) is 3.58. The third kappa shape index (κ3) is 3.44. The van der Waals surface area contributed by atoms with Gasteiger partial charge < -0.3 is 0 Å². The number of alkyl halides is 2. The summed E-state index contributed by atoms with van der Waals surface area (Å²) >= 11 is 10.9. The SMILES string of the molecule is CC(C(=O)C(Cl)Cl)C(C)(C)C. The van der Waals surface area contributed by atoms with Crippen molar-refractivity contribution in [2.45, 2.75) is 32.5 Å². The molecule has 0 saturated heterocycles. The summed E-state index contributed by atoms with van der Waals surface area (Å²) in [5, 5.41) is 0. The van der Waals surface area contributed by atoms with Crippen LogP contribution in [0.25, 0.3) is 0 Å². The fourth-order valence-electron chi connectivity index (χ4n) is 0.616. The summed E-state index contributed by atoms with van der Waals surface area (Å²) in [6, 6.07) is 0. The first-order valence-corrected chi connectivity index (χ1v) is 4.46. The average Bonchev–Trinajstić information content (AvgIpc) is 1.82. The zero-order chi connectivity index (χ0) is 9.23. The minimum atomic E-state index is -0.885. The van der Waals surface area contributed by atoms with E-state index in [4.69, 9.17) is 23.2 Å². The van der Waals surface area contributed by atoms with Gasteiger partial charge in [-0.15, -0.1) is 0 Å². The van der Waals surface area contributed by atoms with Crippen molar-refractivity contribution in [2.24, 2.45) is 11.3 Å². The minimum absolute atomic E-state index is 0.0564. The zero-order valence-corrected chi connectivity index (χ0v) is 8.83. The van der Waals surface area contributed by atoms with Crippen molar-refractivity contribution < 1.29 is 4.79 Å². The summed E-state index contributed by atoms with van der Waals surface area (Å²) in [6.45, 7) is 7.82. The van der Waals surface area contributed by atoms with Gasteiger partial charge in [-0.05, 0) is 5.41 Å². The van der Waals surface area contributed by atoms with E-state index in [1.54, 1.807) is 0 Å². The van der Waals surface area contributed by atoms with E-state index in [-0.39, 0.29) is 17.1 Å². The Balaban J connectivity index is 4.26. The van der Waals surface area contributed by atoms with E-state index in [9.17, 15) is 4.79 Å². The summed E-state index contributed by atoms with van der Waals surface area (Å²) in [5.74, 6) is -0.191. The van der Waals surface area contributed by atoms with Crippen LogP contribution in [0.5, 0.6) is 0 Å². The third-order valence-electron chi connectivity index (χ3n) is 1.94. The highest BCUT2D eigenvalue weighted by Crippen LogP contribution is 2.28. The number of hydrogen-bond acceptors (Lipinski definition) is 1. The molecule has 11 heavy (non-hydrogen) atoms. The minimum Gasteiger partial charge on any atom is -0.296 e. The molecule has 0 aliphatic carbocycles. The summed E-state index contributed by atoms with van der Waals surface area (Å²) in [4.78, 5) is 10.3. The molecule has 0 aromatic heterocycles.